The van der Waals surface area contributed by atoms with Crippen molar-refractivity contribution in [2.75, 3.05) is 24.4 Å². The third-order valence-corrected chi connectivity index (χ3v) is 2.82. The monoisotopic (exact) mass is 274 g/mol. The smallest absolute Gasteiger partial charge is 0.328 e. The van der Waals surface area contributed by atoms with Crippen LogP contribution < -0.4 is 20.9 Å². The quantitative estimate of drug-likeness (QED) is 0.647. The van der Waals surface area contributed by atoms with Crippen LogP contribution in [0.4, 0.5) is 11.9 Å². The van der Waals surface area contributed by atoms with Crippen molar-refractivity contribution in [1.82, 2.24) is 15.0 Å². The van der Waals surface area contributed by atoms with Gasteiger partial charge in [0.25, 0.3) is 0 Å². The summed E-state index contributed by atoms with van der Waals surface area (Å²) in [7, 11) is 3.66. The Bertz CT molecular complexity index is 614. The fraction of sp³-hybridized carbons (Fsp3) is 0.308. The van der Waals surface area contributed by atoms with Crippen molar-refractivity contribution < 1.29 is 4.74 Å². The molecule has 0 aliphatic rings. The summed E-state index contributed by atoms with van der Waals surface area (Å²) in [5.74, 6) is 6.74. The number of rotatable bonds is 4. The van der Waals surface area contributed by atoms with Crippen LogP contribution in [0.3, 0.4) is 0 Å². The van der Waals surface area contributed by atoms with E-state index in [-0.39, 0.29) is 12.0 Å². The van der Waals surface area contributed by atoms with Crippen LogP contribution in [0, 0.1) is 13.8 Å². The van der Waals surface area contributed by atoms with E-state index in [1.54, 1.807) is 4.90 Å². The van der Waals surface area contributed by atoms with Crippen molar-refractivity contribution in [3.05, 3.63) is 29.3 Å². The van der Waals surface area contributed by atoms with Crippen LogP contribution in [-0.2, 0) is 0 Å². The molecule has 0 saturated carbocycles. The van der Waals surface area contributed by atoms with E-state index in [9.17, 15) is 0 Å². The van der Waals surface area contributed by atoms with Crippen molar-refractivity contribution >= 4 is 11.9 Å². The summed E-state index contributed by atoms with van der Waals surface area (Å²) in [6.45, 7) is 4.07. The molecule has 0 bridgehead atoms. The van der Waals surface area contributed by atoms with Gasteiger partial charge in [0.05, 0.1) is 0 Å². The minimum Gasteiger partial charge on any atom is -0.424 e. The molecule has 1 aromatic heterocycles. The minimum atomic E-state index is 0.194. The summed E-state index contributed by atoms with van der Waals surface area (Å²) >= 11 is 0. The van der Waals surface area contributed by atoms with Gasteiger partial charge in [-0.3, -0.25) is 5.43 Å². The number of nitrogens with one attached hydrogen (secondary N) is 1. The highest BCUT2D eigenvalue weighted by Gasteiger charge is 2.09. The van der Waals surface area contributed by atoms with Gasteiger partial charge in [0, 0.05) is 14.1 Å². The number of hydrogen-bond acceptors (Lipinski definition) is 7. The Morgan fingerprint density at radius 2 is 1.85 bits per heavy atom. The summed E-state index contributed by atoms with van der Waals surface area (Å²) < 4.78 is 5.66. The number of aryl methyl sites for hydroxylation is 2. The molecule has 0 fully saturated rings. The Hall–Kier alpha value is -2.41. The molecule has 0 radical (unpaired) electrons. The average Bonchev–Trinajstić information content (AvgIpc) is 2.42. The molecular formula is C13H18N6O. The normalized spacial score (nSPS) is 10.2. The van der Waals surface area contributed by atoms with Crippen LogP contribution in [-0.4, -0.2) is 29.0 Å². The zero-order chi connectivity index (χ0) is 14.7. The largest absolute Gasteiger partial charge is 0.424 e. The Kier molecular flexibility index (Phi) is 3.99. The van der Waals surface area contributed by atoms with Crippen molar-refractivity contribution in [2.45, 2.75) is 13.8 Å². The van der Waals surface area contributed by atoms with Crippen LogP contribution in [0.25, 0.3) is 0 Å². The van der Waals surface area contributed by atoms with Crippen LogP contribution >= 0.6 is 0 Å². The van der Waals surface area contributed by atoms with Crippen molar-refractivity contribution in [3.8, 4) is 11.8 Å². The first-order valence-corrected chi connectivity index (χ1v) is 6.14. The van der Waals surface area contributed by atoms with E-state index in [1.165, 1.54) is 5.56 Å². The lowest BCUT2D eigenvalue weighted by atomic mass is 10.1. The third-order valence-electron chi connectivity index (χ3n) is 2.82. The first-order valence-electron chi connectivity index (χ1n) is 6.14. The fourth-order valence-electron chi connectivity index (χ4n) is 1.54. The van der Waals surface area contributed by atoms with E-state index < -0.39 is 0 Å². The van der Waals surface area contributed by atoms with Crippen molar-refractivity contribution in [2.24, 2.45) is 5.84 Å². The Labute approximate surface area is 117 Å². The van der Waals surface area contributed by atoms with Crippen LogP contribution in [0.1, 0.15) is 11.1 Å². The highest BCUT2D eigenvalue weighted by Crippen LogP contribution is 2.22. The lowest BCUT2D eigenvalue weighted by Crippen LogP contribution is -2.17. The van der Waals surface area contributed by atoms with Gasteiger partial charge >= 0.3 is 6.01 Å². The predicted octanol–water partition coefficient (Wildman–Crippen LogP) is 1.63. The summed E-state index contributed by atoms with van der Waals surface area (Å²) in [6, 6.07) is 5.99. The molecule has 106 valence electrons. The van der Waals surface area contributed by atoms with Gasteiger partial charge in [-0.15, -0.1) is 0 Å². The molecule has 0 aliphatic carbocycles. The number of ether oxygens (including phenoxy) is 1. The topological polar surface area (TPSA) is 89.2 Å². The molecule has 2 aromatic rings. The van der Waals surface area contributed by atoms with E-state index in [0.717, 1.165) is 5.56 Å². The summed E-state index contributed by atoms with van der Waals surface area (Å²) in [4.78, 5) is 14.1. The van der Waals surface area contributed by atoms with Crippen molar-refractivity contribution in [1.29, 1.82) is 0 Å². The molecule has 0 spiro atoms. The predicted molar refractivity (Wildman–Crippen MR) is 78.0 cm³/mol. The number of benzene rings is 1. The van der Waals surface area contributed by atoms with Gasteiger partial charge in [0.2, 0.25) is 11.9 Å². The number of hydrazine groups is 1. The molecule has 20 heavy (non-hydrogen) atoms. The van der Waals surface area contributed by atoms with E-state index in [0.29, 0.717) is 11.7 Å². The second-order valence-corrected chi connectivity index (χ2v) is 4.63. The SMILES string of the molecule is Cc1ccc(Oc2nc(NN)nc(N(C)C)n2)cc1C. The van der Waals surface area contributed by atoms with Crippen molar-refractivity contribution in [3.63, 3.8) is 0 Å². The molecule has 1 heterocycles. The second-order valence-electron chi connectivity index (χ2n) is 4.63. The van der Waals surface area contributed by atoms with Crippen LogP contribution in [0.5, 0.6) is 11.8 Å². The highest BCUT2D eigenvalue weighted by atomic mass is 16.5. The minimum absolute atomic E-state index is 0.194. The lowest BCUT2D eigenvalue weighted by Gasteiger charge is -2.12. The highest BCUT2D eigenvalue weighted by molar-refractivity contribution is 5.39. The Morgan fingerprint density at radius 1 is 1.10 bits per heavy atom. The van der Waals surface area contributed by atoms with Gasteiger partial charge in [0.15, 0.2) is 0 Å². The molecule has 3 N–H and O–H groups in total. The lowest BCUT2D eigenvalue weighted by molar-refractivity contribution is 0.440. The fourth-order valence-corrected chi connectivity index (χ4v) is 1.54. The zero-order valence-electron chi connectivity index (χ0n) is 12.0. The van der Waals surface area contributed by atoms with Gasteiger partial charge in [-0.2, -0.15) is 15.0 Å². The Balaban J connectivity index is 2.32. The molecule has 0 amide bonds. The maximum Gasteiger partial charge on any atom is 0.328 e. The summed E-state index contributed by atoms with van der Waals surface area (Å²) in [5.41, 5.74) is 4.74. The molecule has 2 rings (SSSR count). The first kappa shape index (κ1) is 14.0. The molecule has 7 heteroatoms. The van der Waals surface area contributed by atoms with E-state index in [2.05, 4.69) is 20.4 Å². The molecule has 0 unspecified atom stereocenters. The van der Waals surface area contributed by atoms with Crippen LogP contribution in [0.2, 0.25) is 0 Å². The standard InChI is InChI=1S/C13H18N6O/c1-8-5-6-10(7-9(8)2)20-13-16-11(18-14)15-12(17-13)19(3)4/h5-7H,14H2,1-4H3,(H,15,16,17,18). The van der Waals surface area contributed by atoms with Crippen LogP contribution in [0.15, 0.2) is 18.2 Å². The van der Waals surface area contributed by atoms with Gasteiger partial charge in [0.1, 0.15) is 5.75 Å². The molecule has 0 atom stereocenters. The number of nitrogen functional groups attached to an aromatic ring is 1. The number of nitrogens with zero attached hydrogens (tertiary/aromatic N) is 4. The molecule has 7 nitrogen and oxygen atoms in total. The van der Waals surface area contributed by atoms with E-state index in [1.807, 2.05) is 46.1 Å². The molecule has 0 aliphatic heterocycles. The maximum absolute atomic E-state index is 5.66. The maximum atomic E-state index is 5.66. The van der Waals surface area contributed by atoms with Gasteiger partial charge in [-0.05, 0) is 37.1 Å². The zero-order valence-corrected chi connectivity index (χ0v) is 12.0. The number of aromatic nitrogens is 3. The number of nitrogens with two attached hydrogens (primary N) is 1. The molecular weight excluding hydrogens is 256 g/mol. The van der Waals surface area contributed by atoms with E-state index >= 15 is 0 Å². The van der Waals surface area contributed by atoms with E-state index in [4.69, 9.17) is 10.6 Å². The van der Waals surface area contributed by atoms with Gasteiger partial charge < -0.3 is 9.64 Å². The van der Waals surface area contributed by atoms with Gasteiger partial charge in [-0.1, -0.05) is 6.07 Å². The average molecular weight is 274 g/mol. The third kappa shape index (κ3) is 3.12. The summed E-state index contributed by atoms with van der Waals surface area (Å²) in [5, 5.41) is 0. The Morgan fingerprint density at radius 3 is 2.45 bits per heavy atom. The number of hydrogen-bond donors (Lipinski definition) is 2. The molecule has 1 aromatic carbocycles. The second kappa shape index (κ2) is 5.70. The summed E-state index contributed by atoms with van der Waals surface area (Å²) in [6.07, 6.45) is 0. The number of anilines is 2. The molecule has 0 saturated heterocycles. The first-order chi connectivity index (χ1) is 9.49. The van der Waals surface area contributed by atoms with Gasteiger partial charge in [-0.25, -0.2) is 5.84 Å².